The third kappa shape index (κ3) is 1.85. The average Bonchev–Trinajstić information content (AvgIpc) is 2.71. The number of rotatable bonds is 2. The van der Waals surface area contributed by atoms with E-state index in [-0.39, 0.29) is 17.4 Å². The van der Waals surface area contributed by atoms with Gasteiger partial charge in [0.1, 0.15) is 0 Å². The molecule has 0 amide bonds. The fraction of sp³-hybridized carbons (Fsp3) is 0.857. The maximum atomic E-state index is 11.4. The van der Waals surface area contributed by atoms with Gasteiger partial charge in [-0.1, -0.05) is 0 Å². The lowest BCUT2D eigenvalue weighted by Crippen LogP contribution is -2.33. The summed E-state index contributed by atoms with van der Waals surface area (Å²) in [5.41, 5.74) is -0.549. The number of tetrazole rings is 1. The molecule has 1 aliphatic heterocycles. The van der Waals surface area contributed by atoms with E-state index < -0.39 is 15.4 Å². The summed E-state index contributed by atoms with van der Waals surface area (Å²) in [5.74, 6) is 0.958. The molecule has 0 radical (unpaired) electrons. The molecule has 0 spiro atoms. The van der Waals surface area contributed by atoms with Crippen molar-refractivity contribution in [1.82, 2.24) is 20.2 Å². The molecule has 1 aliphatic rings. The Balaban J connectivity index is 2.39. The molecule has 8 heteroatoms. The minimum Gasteiger partial charge on any atom is -0.229 e. The molecule has 1 fully saturated rings. The maximum absolute atomic E-state index is 11.4. The third-order valence-corrected chi connectivity index (χ3v) is 4.77. The molecule has 1 aromatic heterocycles. The highest BCUT2D eigenvalue weighted by Crippen LogP contribution is 2.30. The monoisotopic (exact) mass is 250 g/mol. The standard InChI is InChI=1S/C7H11ClN4O2S/c1-7(2-3-15(13,14)5-7)12-6(4-8)9-10-11-12/h2-5H2,1H3. The van der Waals surface area contributed by atoms with Crippen molar-refractivity contribution in [2.75, 3.05) is 11.5 Å². The number of hydrogen-bond acceptors (Lipinski definition) is 5. The summed E-state index contributed by atoms with van der Waals surface area (Å²) >= 11 is 5.67. The van der Waals surface area contributed by atoms with Crippen LogP contribution < -0.4 is 0 Å². The molecular formula is C7H11ClN4O2S. The average molecular weight is 251 g/mol. The van der Waals surface area contributed by atoms with E-state index in [4.69, 9.17) is 11.6 Å². The summed E-state index contributed by atoms with van der Waals surface area (Å²) in [4.78, 5) is 0. The highest BCUT2D eigenvalue weighted by Gasteiger charge is 2.42. The summed E-state index contributed by atoms with van der Waals surface area (Å²) in [7, 11) is -2.96. The van der Waals surface area contributed by atoms with Crippen LogP contribution in [-0.4, -0.2) is 40.1 Å². The summed E-state index contributed by atoms with van der Waals surface area (Å²) in [6.45, 7) is 1.84. The molecule has 6 nitrogen and oxygen atoms in total. The predicted molar refractivity (Wildman–Crippen MR) is 54.3 cm³/mol. The van der Waals surface area contributed by atoms with Gasteiger partial charge in [0.2, 0.25) is 0 Å². The van der Waals surface area contributed by atoms with Gasteiger partial charge >= 0.3 is 0 Å². The maximum Gasteiger partial charge on any atom is 0.166 e. The fourth-order valence-electron chi connectivity index (χ4n) is 1.87. The van der Waals surface area contributed by atoms with E-state index in [2.05, 4.69) is 15.5 Å². The predicted octanol–water partition coefficient (Wildman–Crippen LogP) is -0.0544. The molecule has 0 N–H and O–H groups in total. The van der Waals surface area contributed by atoms with Gasteiger partial charge in [0.05, 0.1) is 22.9 Å². The molecule has 84 valence electrons. The Labute approximate surface area is 92.5 Å². The van der Waals surface area contributed by atoms with Crippen LogP contribution in [0.2, 0.25) is 0 Å². The molecule has 1 saturated heterocycles. The first-order chi connectivity index (χ1) is 6.97. The van der Waals surface area contributed by atoms with Gasteiger partial charge in [0.15, 0.2) is 15.7 Å². The van der Waals surface area contributed by atoms with Crippen LogP contribution in [0.15, 0.2) is 0 Å². The van der Waals surface area contributed by atoms with E-state index in [9.17, 15) is 8.42 Å². The summed E-state index contributed by atoms with van der Waals surface area (Å²) in [6.07, 6.45) is 0.532. The molecule has 1 aromatic rings. The van der Waals surface area contributed by atoms with Gasteiger partial charge in [-0.3, -0.25) is 0 Å². The van der Waals surface area contributed by atoms with Crippen molar-refractivity contribution >= 4 is 21.4 Å². The lowest BCUT2D eigenvalue weighted by Gasteiger charge is -2.22. The van der Waals surface area contributed by atoms with E-state index in [1.807, 2.05) is 6.92 Å². The summed E-state index contributed by atoms with van der Waals surface area (Å²) < 4.78 is 24.4. The number of hydrogen-bond donors (Lipinski definition) is 0. The third-order valence-electron chi connectivity index (χ3n) is 2.65. The zero-order valence-corrected chi connectivity index (χ0v) is 9.79. The van der Waals surface area contributed by atoms with Crippen LogP contribution in [-0.2, 0) is 21.3 Å². The highest BCUT2D eigenvalue weighted by atomic mass is 35.5. The molecule has 0 saturated carbocycles. The molecule has 1 unspecified atom stereocenters. The Morgan fingerprint density at radius 1 is 1.60 bits per heavy atom. The lowest BCUT2D eigenvalue weighted by molar-refractivity contribution is 0.313. The molecule has 1 atom stereocenters. The molecule has 0 bridgehead atoms. The first-order valence-electron chi connectivity index (χ1n) is 4.51. The van der Waals surface area contributed by atoms with Gasteiger partial charge in [0, 0.05) is 0 Å². The Hall–Kier alpha value is -0.690. The van der Waals surface area contributed by atoms with E-state index in [0.717, 1.165) is 0 Å². The van der Waals surface area contributed by atoms with Crippen LogP contribution in [0.25, 0.3) is 0 Å². The van der Waals surface area contributed by atoms with Crippen LogP contribution in [0, 0.1) is 0 Å². The smallest absolute Gasteiger partial charge is 0.166 e. The number of alkyl halides is 1. The van der Waals surface area contributed by atoms with Crippen molar-refractivity contribution < 1.29 is 8.42 Å². The number of sulfone groups is 1. The van der Waals surface area contributed by atoms with Crippen molar-refractivity contribution in [3.05, 3.63) is 5.82 Å². The van der Waals surface area contributed by atoms with E-state index >= 15 is 0 Å². The van der Waals surface area contributed by atoms with Crippen LogP contribution >= 0.6 is 11.6 Å². The van der Waals surface area contributed by atoms with Crippen LogP contribution in [0.4, 0.5) is 0 Å². The SMILES string of the molecule is CC1(n2nnnc2CCl)CCS(=O)(=O)C1. The van der Waals surface area contributed by atoms with Crippen LogP contribution in [0.3, 0.4) is 0 Å². The van der Waals surface area contributed by atoms with Crippen molar-refractivity contribution in [2.45, 2.75) is 24.8 Å². The first kappa shape index (κ1) is 10.8. The van der Waals surface area contributed by atoms with Crippen molar-refractivity contribution in [3.63, 3.8) is 0 Å². The Kier molecular flexibility index (Phi) is 2.46. The Morgan fingerprint density at radius 2 is 2.33 bits per heavy atom. The number of nitrogens with zero attached hydrogens (tertiary/aromatic N) is 4. The largest absolute Gasteiger partial charge is 0.229 e. The molecule has 15 heavy (non-hydrogen) atoms. The van der Waals surface area contributed by atoms with E-state index in [0.29, 0.717) is 12.2 Å². The normalized spacial score (nSPS) is 29.5. The van der Waals surface area contributed by atoms with Crippen LogP contribution in [0.5, 0.6) is 0 Å². The zero-order chi connectivity index (χ0) is 11.1. The molecule has 0 aromatic carbocycles. The molecular weight excluding hydrogens is 240 g/mol. The first-order valence-corrected chi connectivity index (χ1v) is 6.87. The van der Waals surface area contributed by atoms with Crippen LogP contribution in [0.1, 0.15) is 19.2 Å². The van der Waals surface area contributed by atoms with Gasteiger partial charge in [-0.2, -0.15) is 0 Å². The molecule has 2 rings (SSSR count). The highest BCUT2D eigenvalue weighted by molar-refractivity contribution is 7.91. The number of aromatic nitrogens is 4. The second-order valence-corrected chi connectivity index (χ2v) is 6.43. The van der Waals surface area contributed by atoms with Crippen molar-refractivity contribution in [3.8, 4) is 0 Å². The topological polar surface area (TPSA) is 77.7 Å². The van der Waals surface area contributed by atoms with Gasteiger partial charge in [-0.25, -0.2) is 13.1 Å². The van der Waals surface area contributed by atoms with E-state index in [1.54, 1.807) is 0 Å². The zero-order valence-electron chi connectivity index (χ0n) is 8.22. The van der Waals surface area contributed by atoms with Crippen molar-refractivity contribution in [1.29, 1.82) is 0 Å². The fourth-order valence-corrected chi connectivity index (χ4v) is 4.14. The minimum atomic E-state index is -2.96. The van der Waals surface area contributed by atoms with Gasteiger partial charge in [-0.15, -0.1) is 16.7 Å². The molecule has 0 aliphatic carbocycles. The lowest BCUT2D eigenvalue weighted by atomic mass is 10.0. The minimum absolute atomic E-state index is 0.0783. The van der Waals surface area contributed by atoms with Gasteiger partial charge < -0.3 is 0 Å². The summed E-state index contributed by atoms with van der Waals surface area (Å²) in [6, 6.07) is 0. The van der Waals surface area contributed by atoms with Gasteiger partial charge in [-0.05, 0) is 23.8 Å². The second kappa shape index (κ2) is 3.41. The van der Waals surface area contributed by atoms with E-state index in [1.165, 1.54) is 4.68 Å². The molecule has 2 heterocycles. The quantitative estimate of drug-likeness (QED) is 0.688. The van der Waals surface area contributed by atoms with Crippen molar-refractivity contribution in [2.24, 2.45) is 0 Å². The number of halogens is 1. The second-order valence-electron chi connectivity index (χ2n) is 3.98. The Bertz CT molecular complexity index is 471. The van der Waals surface area contributed by atoms with Gasteiger partial charge in [0.25, 0.3) is 0 Å². The summed E-state index contributed by atoms with van der Waals surface area (Å²) in [5, 5.41) is 11.1. The Morgan fingerprint density at radius 3 is 2.87 bits per heavy atom.